The Balaban J connectivity index is 5.98. The van der Waals surface area contributed by atoms with E-state index in [1.807, 2.05) is 0 Å². The summed E-state index contributed by atoms with van der Waals surface area (Å²) in [6.45, 7) is 32.1. The number of rotatable bonds is 8. The average molecular weight is 515 g/mol. The summed E-state index contributed by atoms with van der Waals surface area (Å²) in [6.07, 6.45) is -1.56. The van der Waals surface area contributed by atoms with Gasteiger partial charge in [-0.25, -0.2) is 9.59 Å². The van der Waals surface area contributed by atoms with Crippen LogP contribution in [0.5, 0.6) is 0 Å². The van der Waals surface area contributed by atoms with Crippen molar-refractivity contribution in [1.82, 2.24) is 0 Å². The number of carbonyl (C=O) groups excluding carboxylic acids is 2. The molecule has 0 saturated heterocycles. The molecule has 0 aliphatic heterocycles. The van der Waals surface area contributed by atoms with Gasteiger partial charge in [-0.2, -0.15) is 0 Å². The molecular weight excluding hydrogens is 460 g/mol. The van der Waals surface area contributed by atoms with E-state index in [1.165, 1.54) is 0 Å². The third-order valence-electron chi connectivity index (χ3n) is 6.27. The molecule has 0 heterocycles. The SMILES string of the molecule is CC(C)C[Si](CC(C)C)(CC(C)C)OC(=O)/N=N/C(=O)O[Si](C(C)(C)C)(C(C)(C)C)C(C)(C)C. The van der Waals surface area contributed by atoms with E-state index in [-0.39, 0.29) is 15.1 Å². The first-order valence-electron chi connectivity index (χ1n) is 12.9. The van der Waals surface area contributed by atoms with E-state index >= 15 is 0 Å². The molecule has 0 radical (unpaired) electrons. The smallest absolute Gasteiger partial charge is 0.439 e. The summed E-state index contributed by atoms with van der Waals surface area (Å²) >= 11 is 0. The molecule has 34 heavy (non-hydrogen) atoms. The van der Waals surface area contributed by atoms with Crippen LogP contribution in [0.2, 0.25) is 33.2 Å². The minimum atomic E-state index is -2.79. The molecule has 6 nitrogen and oxygen atoms in total. The van der Waals surface area contributed by atoms with Gasteiger partial charge in [0.25, 0.3) is 16.6 Å². The van der Waals surface area contributed by atoms with Crippen molar-refractivity contribution in [3.63, 3.8) is 0 Å². The Morgan fingerprint density at radius 2 is 0.853 bits per heavy atom. The molecule has 0 N–H and O–H groups in total. The van der Waals surface area contributed by atoms with Crippen LogP contribution in [0, 0.1) is 17.8 Å². The molecule has 0 atom stereocenters. The molecule has 0 rings (SSSR count). The van der Waals surface area contributed by atoms with Gasteiger partial charge in [0.15, 0.2) is 0 Å². The summed E-state index contributed by atoms with van der Waals surface area (Å²) in [5, 5.41) is 6.68. The molecule has 0 unspecified atom stereocenters. The van der Waals surface area contributed by atoms with Crippen LogP contribution in [0.1, 0.15) is 104 Å². The zero-order chi connectivity index (χ0) is 27.3. The summed E-state index contributed by atoms with van der Waals surface area (Å²) in [5.74, 6) is 1.24. The lowest BCUT2D eigenvalue weighted by Gasteiger charge is -2.56. The van der Waals surface area contributed by atoms with E-state index < -0.39 is 28.8 Å². The van der Waals surface area contributed by atoms with Crippen molar-refractivity contribution in [2.45, 2.75) is 137 Å². The van der Waals surface area contributed by atoms with E-state index in [4.69, 9.17) is 8.85 Å². The first-order valence-corrected chi connectivity index (χ1v) is 17.3. The third kappa shape index (κ3) is 8.88. The lowest BCUT2D eigenvalue weighted by atomic mass is 10.2. The van der Waals surface area contributed by atoms with Crippen molar-refractivity contribution >= 4 is 28.8 Å². The van der Waals surface area contributed by atoms with Gasteiger partial charge in [0.05, 0.1) is 0 Å². The normalized spacial score (nSPS) is 14.4. The summed E-state index contributed by atoms with van der Waals surface area (Å²) < 4.78 is 12.3. The predicted octanol–water partition coefficient (Wildman–Crippen LogP) is 9.97. The molecule has 0 aromatic rings. The Kier molecular flexibility index (Phi) is 11.4. The lowest BCUT2D eigenvalue weighted by Crippen LogP contribution is -2.61. The van der Waals surface area contributed by atoms with Crippen molar-refractivity contribution in [1.29, 1.82) is 0 Å². The monoisotopic (exact) mass is 514 g/mol. The largest absolute Gasteiger partial charge is 0.501 e. The van der Waals surface area contributed by atoms with Gasteiger partial charge in [-0.05, 0) is 51.0 Å². The van der Waals surface area contributed by atoms with Gasteiger partial charge in [-0.1, -0.05) is 114 Å². The number of carbonyl (C=O) groups is 2. The summed E-state index contributed by atoms with van der Waals surface area (Å²) in [6, 6.07) is 2.63. The Bertz CT molecular complexity index is 649. The van der Waals surface area contributed by atoms with Crippen LogP contribution in [-0.2, 0) is 8.85 Å². The fourth-order valence-electron chi connectivity index (χ4n) is 6.88. The summed E-state index contributed by atoms with van der Waals surface area (Å²) in [5.41, 5.74) is 0. The number of hydrogen-bond donors (Lipinski definition) is 0. The summed E-state index contributed by atoms with van der Waals surface area (Å²) in [4.78, 5) is 25.8. The number of amides is 2. The van der Waals surface area contributed by atoms with E-state index in [1.54, 1.807) is 0 Å². The van der Waals surface area contributed by atoms with Gasteiger partial charge in [0.1, 0.15) is 0 Å². The Morgan fingerprint density at radius 1 is 0.588 bits per heavy atom. The minimum Gasteiger partial charge on any atom is -0.501 e. The molecule has 0 aliphatic carbocycles. The van der Waals surface area contributed by atoms with Gasteiger partial charge in [-0.15, -0.1) is 0 Å². The molecule has 0 aromatic carbocycles. The van der Waals surface area contributed by atoms with Crippen LogP contribution in [0.15, 0.2) is 10.2 Å². The van der Waals surface area contributed by atoms with Crippen LogP contribution in [0.3, 0.4) is 0 Å². The highest BCUT2D eigenvalue weighted by Crippen LogP contribution is 2.62. The Labute approximate surface area is 212 Å². The molecule has 0 aromatic heterocycles. The van der Waals surface area contributed by atoms with Crippen LogP contribution in [0.25, 0.3) is 0 Å². The third-order valence-corrected chi connectivity index (χ3v) is 18.4. The van der Waals surface area contributed by atoms with Crippen molar-refractivity contribution in [3.8, 4) is 0 Å². The second kappa shape index (κ2) is 11.8. The molecule has 200 valence electrons. The standard InChI is InChI=1S/C26H54N2O4Si2/c1-19(2)16-33(17-20(3)4,18-21(5)6)31-22(29)27-28-23(30)32-34(24(7,8)9,25(10,11)12)26(13,14)15/h19-21H,16-18H2,1-15H3/b28-27+. The van der Waals surface area contributed by atoms with Crippen molar-refractivity contribution in [3.05, 3.63) is 0 Å². The quantitative estimate of drug-likeness (QED) is 0.238. The van der Waals surface area contributed by atoms with E-state index in [0.717, 1.165) is 18.1 Å². The zero-order valence-electron chi connectivity index (χ0n) is 24.9. The van der Waals surface area contributed by atoms with Gasteiger partial charge in [-0.3, -0.25) is 0 Å². The number of hydrogen-bond acceptors (Lipinski definition) is 4. The van der Waals surface area contributed by atoms with Crippen LogP contribution < -0.4 is 0 Å². The highest BCUT2D eigenvalue weighted by atomic mass is 28.4. The first-order chi connectivity index (χ1) is 15.0. The fraction of sp³-hybridized carbons (Fsp3) is 0.923. The predicted molar refractivity (Wildman–Crippen MR) is 147 cm³/mol. The Hall–Kier alpha value is -1.03. The fourth-order valence-corrected chi connectivity index (χ4v) is 20.5. The van der Waals surface area contributed by atoms with Gasteiger partial charge in [0, 0.05) is 0 Å². The molecule has 8 heteroatoms. The zero-order valence-corrected chi connectivity index (χ0v) is 26.9. The van der Waals surface area contributed by atoms with E-state index in [2.05, 4.69) is 114 Å². The van der Waals surface area contributed by atoms with Gasteiger partial charge < -0.3 is 8.85 Å². The molecule has 0 spiro atoms. The highest BCUT2D eigenvalue weighted by molar-refractivity contribution is 6.83. The molecule has 0 bridgehead atoms. The van der Waals surface area contributed by atoms with Gasteiger partial charge in [0.2, 0.25) is 0 Å². The molecule has 0 saturated carbocycles. The van der Waals surface area contributed by atoms with Crippen LogP contribution in [0.4, 0.5) is 9.59 Å². The maximum Gasteiger partial charge on any atom is 0.439 e. The molecule has 0 aliphatic rings. The highest BCUT2D eigenvalue weighted by Gasteiger charge is 2.64. The molecule has 2 amide bonds. The van der Waals surface area contributed by atoms with Crippen molar-refractivity contribution in [2.24, 2.45) is 28.0 Å². The van der Waals surface area contributed by atoms with Crippen LogP contribution in [-0.4, -0.2) is 28.8 Å². The van der Waals surface area contributed by atoms with Gasteiger partial charge >= 0.3 is 12.2 Å². The minimum absolute atomic E-state index is 0.247. The topological polar surface area (TPSA) is 77.3 Å². The Morgan fingerprint density at radius 3 is 1.09 bits per heavy atom. The average Bonchev–Trinajstić information content (AvgIpc) is 2.51. The van der Waals surface area contributed by atoms with E-state index in [0.29, 0.717) is 17.8 Å². The maximum atomic E-state index is 13.0. The second-order valence-electron chi connectivity index (χ2n) is 14.3. The number of nitrogens with zero attached hydrogens (tertiary/aromatic N) is 2. The first kappa shape index (κ1) is 33.0. The molecule has 0 fully saturated rings. The lowest BCUT2D eigenvalue weighted by molar-refractivity contribution is 0.188. The van der Waals surface area contributed by atoms with E-state index in [9.17, 15) is 9.59 Å². The second-order valence-corrected chi connectivity index (χ2v) is 24.2. The van der Waals surface area contributed by atoms with Crippen molar-refractivity contribution < 1.29 is 18.4 Å². The summed E-state index contributed by atoms with van der Waals surface area (Å²) in [7, 11) is -5.20. The molecular formula is C26H54N2O4Si2. The van der Waals surface area contributed by atoms with Crippen molar-refractivity contribution in [2.75, 3.05) is 0 Å². The number of azo groups is 1. The maximum absolute atomic E-state index is 13.0. The van der Waals surface area contributed by atoms with Crippen LogP contribution >= 0.6 is 0 Å².